The second-order valence-electron chi connectivity index (χ2n) is 5.59. The number of hydrogen-bond donors (Lipinski definition) is 2. The molecule has 3 nitrogen and oxygen atoms in total. The van der Waals surface area contributed by atoms with Crippen LogP contribution in [-0.4, -0.2) is 17.5 Å². The summed E-state index contributed by atoms with van der Waals surface area (Å²) in [6.45, 7) is 8.02. The van der Waals surface area contributed by atoms with E-state index in [4.69, 9.17) is 11.6 Å². The first kappa shape index (κ1) is 15.9. The molecule has 0 aromatic heterocycles. The van der Waals surface area contributed by atoms with Gasteiger partial charge in [0.15, 0.2) is 0 Å². The average Bonchev–Trinajstić information content (AvgIpc) is 2.28. The minimum atomic E-state index is -0.441. The topological polar surface area (TPSA) is 41.1 Å². The van der Waals surface area contributed by atoms with Gasteiger partial charge in [-0.15, -0.1) is 0 Å². The van der Waals surface area contributed by atoms with E-state index in [9.17, 15) is 9.18 Å². The molecule has 1 unspecified atom stereocenters. The molecule has 0 heterocycles. The van der Waals surface area contributed by atoms with Crippen molar-refractivity contribution in [3.63, 3.8) is 0 Å². The van der Waals surface area contributed by atoms with Gasteiger partial charge in [-0.1, -0.05) is 17.7 Å². The summed E-state index contributed by atoms with van der Waals surface area (Å²) < 4.78 is 13.0. The maximum Gasteiger partial charge on any atom is 0.237 e. The summed E-state index contributed by atoms with van der Waals surface area (Å²) in [6.07, 6.45) is 0. The van der Waals surface area contributed by atoms with Crippen LogP contribution >= 0.6 is 11.6 Å². The third kappa shape index (κ3) is 5.57. The highest BCUT2D eigenvalue weighted by Crippen LogP contribution is 2.15. The Morgan fingerprint density at radius 3 is 2.58 bits per heavy atom. The molecule has 0 radical (unpaired) electrons. The SMILES string of the molecule is CC(NCc1ccc(F)c(Cl)c1)C(=O)NC(C)(C)C. The second-order valence-corrected chi connectivity index (χ2v) is 6.00. The van der Waals surface area contributed by atoms with Gasteiger partial charge in [-0.05, 0) is 45.4 Å². The first-order valence-electron chi connectivity index (χ1n) is 6.18. The molecule has 0 saturated heterocycles. The molecule has 0 fully saturated rings. The van der Waals surface area contributed by atoms with Crippen molar-refractivity contribution in [2.75, 3.05) is 0 Å². The molecule has 0 saturated carbocycles. The standard InChI is InChI=1S/C14H20ClFN2O/c1-9(13(19)18-14(2,3)4)17-8-10-5-6-12(16)11(15)7-10/h5-7,9,17H,8H2,1-4H3,(H,18,19). The number of amides is 1. The Balaban J connectivity index is 2.52. The molecule has 1 aromatic carbocycles. The van der Waals surface area contributed by atoms with E-state index in [0.29, 0.717) is 6.54 Å². The van der Waals surface area contributed by atoms with Gasteiger partial charge < -0.3 is 10.6 Å². The highest BCUT2D eigenvalue weighted by molar-refractivity contribution is 6.30. The fraction of sp³-hybridized carbons (Fsp3) is 0.500. The van der Waals surface area contributed by atoms with Crippen molar-refractivity contribution >= 4 is 17.5 Å². The normalized spacial score (nSPS) is 13.2. The van der Waals surface area contributed by atoms with Crippen molar-refractivity contribution in [1.29, 1.82) is 0 Å². The fourth-order valence-electron chi connectivity index (χ4n) is 1.49. The molecule has 0 aliphatic rings. The monoisotopic (exact) mass is 286 g/mol. The summed E-state index contributed by atoms with van der Waals surface area (Å²) in [7, 11) is 0. The third-order valence-electron chi connectivity index (χ3n) is 2.49. The van der Waals surface area contributed by atoms with E-state index >= 15 is 0 Å². The van der Waals surface area contributed by atoms with E-state index in [-0.39, 0.29) is 22.5 Å². The van der Waals surface area contributed by atoms with Crippen LogP contribution in [0.1, 0.15) is 33.3 Å². The summed E-state index contributed by atoms with van der Waals surface area (Å²) in [6, 6.07) is 4.18. The molecular weight excluding hydrogens is 267 g/mol. The molecule has 0 spiro atoms. The Morgan fingerprint density at radius 2 is 2.05 bits per heavy atom. The lowest BCUT2D eigenvalue weighted by molar-refractivity contribution is -0.124. The largest absolute Gasteiger partial charge is 0.350 e. The van der Waals surface area contributed by atoms with E-state index in [0.717, 1.165) is 5.56 Å². The quantitative estimate of drug-likeness (QED) is 0.894. The molecule has 5 heteroatoms. The van der Waals surface area contributed by atoms with Crippen LogP contribution in [0.15, 0.2) is 18.2 Å². The molecular formula is C14H20ClFN2O. The number of halogens is 2. The van der Waals surface area contributed by atoms with Crippen LogP contribution in [0, 0.1) is 5.82 Å². The van der Waals surface area contributed by atoms with Gasteiger partial charge in [0.25, 0.3) is 0 Å². The van der Waals surface area contributed by atoms with Crippen molar-refractivity contribution in [2.24, 2.45) is 0 Å². The van der Waals surface area contributed by atoms with Crippen LogP contribution in [0.5, 0.6) is 0 Å². The first-order chi connectivity index (χ1) is 8.69. The highest BCUT2D eigenvalue weighted by Gasteiger charge is 2.18. The van der Waals surface area contributed by atoms with Gasteiger partial charge in [-0.2, -0.15) is 0 Å². The zero-order chi connectivity index (χ0) is 14.6. The molecule has 1 rings (SSSR count). The predicted molar refractivity (Wildman–Crippen MR) is 75.6 cm³/mol. The average molecular weight is 287 g/mol. The number of carbonyl (C=O) groups is 1. The Morgan fingerprint density at radius 1 is 1.42 bits per heavy atom. The Labute approximate surface area is 118 Å². The van der Waals surface area contributed by atoms with Gasteiger partial charge in [0.2, 0.25) is 5.91 Å². The molecule has 106 valence electrons. The molecule has 0 aliphatic heterocycles. The molecule has 0 aliphatic carbocycles. The van der Waals surface area contributed by atoms with Crippen molar-refractivity contribution in [3.8, 4) is 0 Å². The summed E-state index contributed by atoms with van der Waals surface area (Å²) in [5.74, 6) is -0.510. The van der Waals surface area contributed by atoms with Crippen LogP contribution in [0.2, 0.25) is 5.02 Å². The minimum absolute atomic E-state index is 0.0688. The molecule has 1 amide bonds. The van der Waals surface area contributed by atoms with Crippen LogP contribution in [-0.2, 0) is 11.3 Å². The van der Waals surface area contributed by atoms with E-state index in [2.05, 4.69) is 10.6 Å². The van der Waals surface area contributed by atoms with Crippen LogP contribution < -0.4 is 10.6 Å². The van der Waals surface area contributed by atoms with Gasteiger partial charge in [-0.25, -0.2) is 4.39 Å². The van der Waals surface area contributed by atoms with E-state index in [1.54, 1.807) is 19.1 Å². The van der Waals surface area contributed by atoms with Crippen LogP contribution in [0.3, 0.4) is 0 Å². The highest BCUT2D eigenvalue weighted by atomic mass is 35.5. The maximum absolute atomic E-state index is 13.0. The van der Waals surface area contributed by atoms with Gasteiger partial charge in [0.05, 0.1) is 11.1 Å². The Kier molecular flexibility index (Phi) is 5.32. The van der Waals surface area contributed by atoms with Crippen molar-refractivity contribution < 1.29 is 9.18 Å². The maximum atomic E-state index is 13.0. The van der Waals surface area contributed by atoms with Crippen molar-refractivity contribution in [3.05, 3.63) is 34.6 Å². The number of hydrogen-bond acceptors (Lipinski definition) is 2. The lowest BCUT2D eigenvalue weighted by Gasteiger charge is -2.23. The predicted octanol–water partition coefficient (Wildman–Crippen LogP) is 2.87. The van der Waals surface area contributed by atoms with Gasteiger partial charge >= 0.3 is 0 Å². The summed E-state index contributed by atoms with van der Waals surface area (Å²) in [5.41, 5.74) is 0.577. The van der Waals surface area contributed by atoms with Gasteiger partial charge in [0, 0.05) is 12.1 Å². The Bertz CT molecular complexity index is 457. The number of nitrogens with one attached hydrogen (secondary N) is 2. The second kappa shape index (κ2) is 6.35. The van der Waals surface area contributed by atoms with Crippen LogP contribution in [0.4, 0.5) is 4.39 Å². The zero-order valence-electron chi connectivity index (χ0n) is 11.7. The first-order valence-corrected chi connectivity index (χ1v) is 6.56. The molecule has 2 N–H and O–H groups in total. The third-order valence-corrected chi connectivity index (χ3v) is 2.78. The minimum Gasteiger partial charge on any atom is -0.350 e. The smallest absolute Gasteiger partial charge is 0.237 e. The van der Waals surface area contributed by atoms with Gasteiger partial charge in [-0.3, -0.25) is 4.79 Å². The van der Waals surface area contributed by atoms with Crippen LogP contribution in [0.25, 0.3) is 0 Å². The summed E-state index contributed by atoms with van der Waals surface area (Å²) in [4.78, 5) is 11.8. The summed E-state index contributed by atoms with van der Waals surface area (Å²) >= 11 is 5.70. The number of benzene rings is 1. The Hall–Kier alpha value is -1.13. The van der Waals surface area contributed by atoms with E-state index in [1.807, 2.05) is 20.8 Å². The molecule has 0 bridgehead atoms. The molecule has 19 heavy (non-hydrogen) atoms. The number of rotatable bonds is 4. The summed E-state index contributed by atoms with van der Waals surface area (Å²) in [5, 5.41) is 6.05. The zero-order valence-corrected chi connectivity index (χ0v) is 12.4. The molecule has 1 aromatic rings. The van der Waals surface area contributed by atoms with E-state index < -0.39 is 5.82 Å². The van der Waals surface area contributed by atoms with Crippen molar-refractivity contribution in [1.82, 2.24) is 10.6 Å². The lowest BCUT2D eigenvalue weighted by Crippen LogP contribution is -2.49. The fourth-order valence-corrected chi connectivity index (χ4v) is 1.69. The van der Waals surface area contributed by atoms with E-state index in [1.165, 1.54) is 6.07 Å². The van der Waals surface area contributed by atoms with Gasteiger partial charge in [0.1, 0.15) is 5.82 Å². The van der Waals surface area contributed by atoms with Crippen molar-refractivity contribution in [2.45, 2.75) is 45.8 Å². The lowest BCUT2D eigenvalue weighted by atomic mass is 10.1. The number of carbonyl (C=O) groups excluding carboxylic acids is 1. The molecule has 1 atom stereocenters.